The highest BCUT2D eigenvalue weighted by Gasteiger charge is 2.08. The number of nitro benzene ring substituents is 1. The average molecular weight is 276 g/mol. The Morgan fingerprint density at radius 2 is 2.05 bits per heavy atom. The van der Waals surface area contributed by atoms with E-state index in [0.717, 1.165) is 0 Å². The summed E-state index contributed by atoms with van der Waals surface area (Å²) in [4.78, 5) is 10.2. The molecule has 0 aliphatic rings. The minimum Gasteiger partial charge on any atom is -0.489 e. The lowest BCUT2D eigenvalue weighted by Crippen LogP contribution is -2.03. The number of hydrogen-bond donors (Lipinski definition) is 1. The van der Waals surface area contributed by atoms with E-state index in [1.807, 2.05) is 0 Å². The van der Waals surface area contributed by atoms with Crippen LogP contribution in [0.2, 0.25) is 0 Å². The van der Waals surface area contributed by atoms with Crippen molar-refractivity contribution < 1.29 is 14.1 Å². The Morgan fingerprint density at radius 1 is 1.25 bits per heavy atom. The summed E-state index contributed by atoms with van der Waals surface area (Å²) in [7, 11) is 0. The molecule has 0 radical (unpaired) electrons. The third-order valence-corrected chi connectivity index (χ3v) is 2.76. The highest BCUT2D eigenvalue weighted by molar-refractivity contribution is 5.36. The predicted octanol–water partition coefficient (Wildman–Crippen LogP) is 2.77. The zero-order valence-electron chi connectivity index (χ0n) is 10.6. The van der Waals surface area contributed by atoms with Crippen LogP contribution in [0.3, 0.4) is 0 Å². The van der Waals surface area contributed by atoms with Crippen LogP contribution in [0.1, 0.15) is 11.1 Å². The van der Waals surface area contributed by atoms with Gasteiger partial charge in [0.2, 0.25) is 0 Å². The first-order chi connectivity index (χ1) is 9.60. The average Bonchev–Trinajstić information content (AvgIpc) is 2.46. The van der Waals surface area contributed by atoms with Crippen LogP contribution in [0.25, 0.3) is 0 Å². The number of non-ortho nitro benzene ring substituents is 1. The first-order valence-corrected chi connectivity index (χ1v) is 5.95. The van der Waals surface area contributed by atoms with Crippen molar-refractivity contribution in [2.45, 2.75) is 13.2 Å². The summed E-state index contributed by atoms with van der Waals surface area (Å²) in [6, 6.07) is 10.2. The molecular weight excluding hydrogens is 263 g/mol. The molecule has 0 spiro atoms. The number of benzene rings is 2. The summed E-state index contributed by atoms with van der Waals surface area (Å²) in [6.45, 7) is 0.308. The van der Waals surface area contributed by atoms with Gasteiger partial charge in [-0.1, -0.05) is 12.1 Å². The van der Waals surface area contributed by atoms with Crippen molar-refractivity contribution >= 4 is 5.69 Å². The number of nitrogens with two attached hydrogens (primary N) is 1. The maximum Gasteiger partial charge on any atom is 0.269 e. The number of hydrogen-bond acceptors (Lipinski definition) is 4. The van der Waals surface area contributed by atoms with Gasteiger partial charge < -0.3 is 10.5 Å². The topological polar surface area (TPSA) is 78.4 Å². The number of nitro groups is 1. The molecule has 2 rings (SSSR count). The SMILES string of the molecule is NCc1cc(F)ccc1OCc1cccc([N+](=O)[O-])c1. The van der Waals surface area contributed by atoms with E-state index in [9.17, 15) is 14.5 Å². The summed E-state index contributed by atoms with van der Waals surface area (Å²) in [5.41, 5.74) is 6.73. The van der Waals surface area contributed by atoms with Gasteiger partial charge >= 0.3 is 0 Å². The van der Waals surface area contributed by atoms with Crippen molar-refractivity contribution in [3.8, 4) is 5.75 Å². The predicted molar refractivity (Wildman–Crippen MR) is 71.7 cm³/mol. The Labute approximate surface area is 114 Å². The Balaban J connectivity index is 2.12. The Kier molecular flexibility index (Phi) is 4.27. The smallest absolute Gasteiger partial charge is 0.269 e. The second-order valence-electron chi connectivity index (χ2n) is 4.17. The molecule has 2 aromatic carbocycles. The van der Waals surface area contributed by atoms with E-state index in [1.54, 1.807) is 12.1 Å². The minimum absolute atomic E-state index is 0.00394. The van der Waals surface area contributed by atoms with Gasteiger partial charge in [-0.05, 0) is 23.8 Å². The van der Waals surface area contributed by atoms with E-state index >= 15 is 0 Å². The molecule has 0 fully saturated rings. The first kappa shape index (κ1) is 14.0. The van der Waals surface area contributed by atoms with Crippen LogP contribution in [0.4, 0.5) is 10.1 Å². The highest BCUT2D eigenvalue weighted by atomic mass is 19.1. The largest absolute Gasteiger partial charge is 0.489 e. The van der Waals surface area contributed by atoms with Crippen LogP contribution >= 0.6 is 0 Å². The molecule has 6 heteroatoms. The number of nitrogens with zero attached hydrogens (tertiary/aromatic N) is 1. The second kappa shape index (κ2) is 6.12. The molecule has 0 heterocycles. The second-order valence-corrected chi connectivity index (χ2v) is 4.17. The summed E-state index contributed by atoms with van der Waals surface area (Å²) in [6.07, 6.45) is 0. The van der Waals surface area contributed by atoms with E-state index < -0.39 is 4.92 Å². The molecule has 0 aliphatic heterocycles. The van der Waals surface area contributed by atoms with Crippen molar-refractivity contribution in [2.75, 3.05) is 0 Å². The van der Waals surface area contributed by atoms with E-state index in [2.05, 4.69) is 0 Å². The van der Waals surface area contributed by atoms with Gasteiger partial charge in [0.25, 0.3) is 5.69 Å². The van der Waals surface area contributed by atoms with Crippen molar-refractivity contribution in [1.29, 1.82) is 0 Å². The maximum absolute atomic E-state index is 13.1. The normalized spacial score (nSPS) is 10.3. The van der Waals surface area contributed by atoms with Gasteiger partial charge in [-0.25, -0.2) is 4.39 Å². The third kappa shape index (κ3) is 3.30. The Hall–Kier alpha value is -2.47. The monoisotopic (exact) mass is 276 g/mol. The van der Waals surface area contributed by atoms with Gasteiger partial charge in [0, 0.05) is 24.2 Å². The van der Waals surface area contributed by atoms with Gasteiger partial charge in [0.1, 0.15) is 18.2 Å². The standard InChI is InChI=1S/C14H13FN2O3/c15-12-4-5-14(11(7-12)8-16)20-9-10-2-1-3-13(6-10)17(18)19/h1-7H,8-9,16H2. The van der Waals surface area contributed by atoms with Crippen molar-refractivity contribution in [3.63, 3.8) is 0 Å². The van der Waals surface area contributed by atoms with Crippen molar-refractivity contribution in [3.05, 3.63) is 69.5 Å². The molecule has 5 nitrogen and oxygen atoms in total. The van der Waals surface area contributed by atoms with E-state index in [4.69, 9.17) is 10.5 Å². The summed E-state index contributed by atoms with van der Waals surface area (Å²) >= 11 is 0. The van der Waals surface area contributed by atoms with E-state index in [1.165, 1.54) is 30.3 Å². The van der Waals surface area contributed by atoms with Crippen LogP contribution in [0.5, 0.6) is 5.75 Å². The van der Waals surface area contributed by atoms with Gasteiger partial charge in [-0.3, -0.25) is 10.1 Å². The lowest BCUT2D eigenvalue weighted by atomic mass is 10.2. The fourth-order valence-corrected chi connectivity index (χ4v) is 1.77. The van der Waals surface area contributed by atoms with Crippen LogP contribution < -0.4 is 10.5 Å². The number of rotatable bonds is 5. The van der Waals surface area contributed by atoms with Crippen LogP contribution in [-0.2, 0) is 13.2 Å². The van der Waals surface area contributed by atoms with Crippen molar-refractivity contribution in [2.24, 2.45) is 5.73 Å². The first-order valence-electron chi connectivity index (χ1n) is 5.95. The zero-order valence-corrected chi connectivity index (χ0v) is 10.6. The summed E-state index contributed by atoms with van der Waals surface area (Å²) in [5.74, 6) is 0.0913. The number of ether oxygens (including phenoxy) is 1. The molecule has 2 N–H and O–H groups in total. The molecule has 104 valence electrons. The molecule has 0 aliphatic carbocycles. The highest BCUT2D eigenvalue weighted by Crippen LogP contribution is 2.21. The van der Waals surface area contributed by atoms with Gasteiger partial charge in [0.15, 0.2) is 0 Å². The van der Waals surface area contributed by atoms with Gasteiger partial charge in [-0.2, -0.15) is 0 Å². The van der Waals surface area contributed by atoms with Gasteiger partial charge in [-0.15, -0.1) is 0 Å². The van der Waals surface area contributed by atoms with Crippen molar-refractivity contribution in [1.82, 2.24) is 0 Å². The maximum atomic E-state index is 13.1. The van der Waals surface area contributed by atoms with Crippen LogP contribution in [0.15, 0.2) is 42.5 Å². The molecule has 2 aromatic rings. The molecule has 0 saturated carbocycles. The third-order valence-electron chi connectivity index (χ3n) is 2.76. The van der Waals surface area contributed by atoms with Crippen LogP contribution in [0, 0.1) is 15.9 Å². The molecular formula is C14H13FN2O3. The molecule has 20 heavy (non-hydrogen) atoms. The summed E-state index contributed by atoms with van der Waals surface area (Å²) < 4.78 is 18.6. The fraction of sp³-hybridized carbons (Fsp3) is 0.143. The molecule has 0 saturated heterocycles. The van der Waals surface area contributed by atoms with E-state index in [-0.39, 0.29) is 24.7 Å². The zero-order chi connectivity index (χ0) is 14.5. The van der Waals surface area contributed by atoms with Gasteiger partial charge in [0.05, 0.1) is 4.92 Å². The quantitative estimate of drug-likeness (QED) is 0.672. The molecule has 0 unspecified atom stereocenters. The molecule has 0 amide bonds. The molecule has 0 bridgehead atoms. The minimum atomic E-state index is -0.466. The number of halogens is 1. The Morgan fingerprint density at radius 3 is 2.75 bits per heavy atom. The lowest BCUT2D eigenvalue weighted by Gasteiger charge is -2.10. The Bertz CT molecular complexity index is 632. The van der Waals surface area contributed by atoms with Crippen LogP contribution in [-0.4, -0.2) is 4.92 Å². The van der Waals surface area contributed by atoms with E-state index in [0.29, 0.717) is 16.9 Å². The lowest BCUT2D eigenvalue weighted by molar-refractivity contribution is -0.384. The fourth-order valence-electron chi connectivity index (χ4n) is 1.77. The summed E-state index contributed by atoms with van der Waals surface area (Å²) in [5, 5.41) is 10.7. The molecule has 0 atom stereocenters. The molecule has 0 aromatic heterocycles.